The summed E-state index contributed by atoms with van der Waals surface area (Å²) in [6.45, 7) is 5.53. The first kappa shape index (κ1) is 13.8. The van der Waals surface area contributed by atoms with Crippen molar-refractivity contribution < 1.29 is 4.79 Å². The molecule has 0 aromatic carbocycles. The summed E-state index contributed by atoms with van der Waals surface area (Å²) in [5.74, 6) is 0.286. The van der Waals surface area contributed by atoms with E-state index in [2.05, 4.69) is 24.2 Å². The predicted octanol–water partition coefficient (Wildman–Crippen LogP) is 1.07. The standard InChI is InChI=1S/C14H27N3O/c1-3-13-11-17(9-8-16(13)2)14(18)10-15-12-6-4-5-7-12/h12-13,15H,3-11H2,1-2H3. The molecule has 104 valence electrons. The smallest absolute Gasteiger partial charge is 0.236 e. The SMILES string of the molecule is CCC1CN(C(=O)CNC2CCCC2)CCN1C. The number of carbonyl (C=O) groups is 1. The second kappa shape index (κ2) is 6.53. The van der Waals surface area contributed by atoms with E-state index >= 15 is 0 Å². The molecule has 1 amide bonds. The maximum atomic E-state index is 12.2. The van der Waals surface area contributed by atoms with Gasteiger partial charge in [-0.1, -0.05) is 19.8 Å². The van der Waals surface area contributed by atoms with E-state index in [9.17, 15) is 4.79 Å². The summed E-state index contributed by atoms with van der Waals surface area (Å²) in [5, 5.41) is 3.42. The quantitative estimate of drug-likeness (QED) is 0.814. The van der Waals surface area contributed by atoms with Gasteiger partial charge in [-0.3, -0.25) is 9.69 Å². The Labute approximate surface area is 111 Å². The highest BCUT2D eigenvalue weighted by Gasteiger charge is 2.26. The molecule has 0 radical (unpaired) electrons. The van der Waals surface area contributed by atoms with E-state index in [1.54, 1.807) is 0 Å². The van der Waals surface area contributed by atoms with Gasteiger partial charge in [-0.2, -0.15) is 0 Å². The van der Waals surface area contributed by atoms with Crippen LogP contribution >= 0.6 is 0 Å². The molecular weight excluding hydrogens is 226 g/mol. The first-order chi connectivity index (χ1) is 8.70. The minimum atomic E-state index is 0.286. The molecule has 4 nitrogen and oxygen atoms in total. The third-order valence-corrected chi connectivity index (χ3v) is 4.50. The lowest BCUT2D eigenvalue weighted by Gasteiger charge is -2.39. The third-order valence-electron chi connectivity index (χ3n) is 4.50. The Hall–Kier alpha value is -0.610. The molecule has 2 rings (SSSR count). The zero-order chi connectivity index (χ0) is 13.0. The van der Waals surface area contributed by atoms with Gasteiger partial charge in [0.1, 0.15) is 0 Å². The average molecular weight is 253 g/mol. The number of likely N-dealkylation sites (N-methyl/N-ethyl adjacent to an activating group) is 1. The molecule has 1 N–H and O–H groups in total. The second-order valence-electron chi connectivity index (χ2n) is 5.74. The van der Waals surface area contributed by atoms with Gasteiger partial charge in [-0.05, 0) is 26.3 Å². The Morgan fingerprint density at radius 1 is 1.28 bits per heavy atom. The predicted molar refractivity (Wildman–Crippen MR) is 73.5 cm³/mol. The van der Waals surface area contributed by atoms with Crippen LogP contribution < -0.4 is 5.32 Å². The van der Waals surface area contributed by atoms with Crippen LogP contribution in [0.2, 0.25) is 0 Å². The summed E-state index contributed by atoms with van der Waals surface area (Å²) in [7, 11) is 2.16. The Morgan fingerprint density at radius 3 is 2.67 bits per heavy atom. The van der Waals surface area contributed by atoms with Crippen molar-refractivity contribution in [2.24, 2.45) is 0 Å². The van der Waals surface area contributed by atoms with Crippen molar-refractivity contribution in [3.05, 3.63) is 0 Å². The van der Waals surface area contributed by atoms with E-state index in [1.807, 2.05) is 4.90 Å². The number of nitrogens with zero attached hydrogens (tertiary/aromatic N) is 2. The topological polar surface area (TPSA) is 35.6 Å². The highest BCUT2D eigenvalue weighted by atomic mass is 16.2. The van der Waals surface area contributed by atoms with Crippen molar-refractivity contribution in [1.29, 1.82) is 0 Å². The Kier molecular flexibility index (Phi) is 5.01. The van der Waals surface area contributed by atoms with Crippen molar-refractivity contribution in [2.45, 2.75) is 51.1 Å². The van der Waals surface area contributed by atoms with Gasteiger partial charge in [0.2, 0.25) is 5.91 Å². The van der Waals surface area contributed by atoms with Crippen LogP contribution in [-0.2, 0) is 4.79 Å². The summed E-state index contributed by atoms with van der Waals surface area (Å²) >= 11 is 0. The zero-order valence-electron chi connectivity index (χ0n) is 11.8. The lowest BCUT2D eigenvalue weighted by molar-refractivity contribution is -0.133. The van der Waals surface area contributed by atoms with E-state index in [0.29, 0.717) is 18.6 Å². The van der Waals surface area contributed by atoms with Crippen LogP contribution in [0.4, 0.5) is 0 Å². The Bertz CT molecular complexity index is 276. The lowest BCUT2D eigenvalue weighted by Crippen LogP contribution is -2.54. The fourth-order valence-corrected chi connectivity index (χ4v) is 3.09. The van der Waals surface area contributed by atoms with Gasteiger partial charge >= 0.3 is 0 Å². The highest BCUT2D eigenvalue weighted by molar-refractivity contribution is 5.78. The zero-order valence-corrected chi connectivity index (χ0v) is 11.8. The Morgan fingerprint density at radius 2 is 2.00 bits per heavy atom. The molecule has 0 aromatic heterocycles. The molecule has 0 spiro atoms. The summed E-state index contributed by atoms with van der Waals surface area (Å²) in [6, 6.07) is 1.12. The van der Waals surface area contributed by atoms with E-state index in [-0.39, 0.29) is 5.91 Å². The van der Waals surface area contributed by atoms with Gasteiger partial charge in [0.25, 0.3) is 0 Å². The van der Waals surface area contributed by atoms with Gasteiger partial charge in [-0.25, -0.2) is 0 Å². The summed E-state index contributed by atoms with van der Waals surface area (Å²) < 4.78 is 0. The molecule has 1 saturated carbocycles. The molecule has 1 aliphatic heterocycles. The van der Waals surface area contributed by atoms with Gasteiger partial charge in [0.15, 0.2) is 0 Å². The number of nitrogens with one attached hydrogen (secondary N) is 1. The van der Waals surface area contributed by atoms with Crippen LogP contribution in [0.25, 0.3) is 0 Å². The summed E-state index contributed by atoms with van der Waals surface area (Å²) in [4.78, 5) is 16.6. The Balaban J connectivity index is 1.74. The third kappa shape index (κ3) is 3.45. The van der Waals surface area contributed by atoms with E-state index in [4.69, 9.17) is 0 Å². The number of piperazine rings is 1. The average Bonchev–Trinajstić information content (AvgIpc) is 2.89. The lowest BCUT2D eigenvalue weighted by atomic mass is 10.1. The largest absolute Gasteiger partial charge is 0.339 e. The molecule has 1 atom stereocenters. The maximum absolute atomic E-state index is 12.2. The number of carbonyl (C=O) groups excluding carboxylic acids is 1. The maximum Gasteiger partial charge on any atom is 0.236 e. The molecule has 0 bridgehead atoms. The normalized spacial score (nSPS) is 26.8. The second-order valence-corrected chi connectivity index (χ2v) is 5.74. The van der Waals surface area contributed by atoms with Crippen LogP contribution in [-0.4, -0.2) is 61.0 Å². The summed E-state index contributed by atoms with van der Waals surface area (Å²) in [5.41, 5.74) is 0. The van der Waals surface area contributed by atoms with Crippen molar-refractivity contribution in [3.63, 3.8) is 0 Å². The molecule has 0 aromatic rings. The van der Waals surface area contributed by atoms with Gasteiger partial charge in [0.05, 0.1) is 6.54 Å². The molecule has 1 unspecified atom stereocenters. The number of rotatable bonds is 4. The van der Waals surface area contributed by atoms with Crippen molar-refractivity contribution in [1.82, 2.24) is 15.1 Å². The van der Waals surface area contributed by atoms with E-state index < -0.39 is 0 Å². The summed E-state index contributed by atoms with van der Waals surface area (Å²) in [6.07, 6.45) is 6.24. The minimum absolute atomic E-state index is 0.286. The van der Waals surface area contributed by atoms with Crippen LogP contribution in [0, 0.1) is 0 Å². The van der Waals surface area contributed by atoms with Crippen LogP contribution in [0.3, 0.4) is 0 Å². The van der Waals surface area contributed by atoms with E-state index in [1.165, 1.54) is 25.7 Å². The first-order valence-electron chi connectivity index (χ1n) is 7.42. The molecule has 4 heteroatoms. The molecule has 1 heterocycles. The van der Waals surface area contributed by atoms with Crippen molar-refractivity contribution in [2.75, 3.05) is 33.2 Å². The van der Waals surface area contributed by atoms with Crippen LogP contribution in [0.5, 0.6) is 0 Å². The molecule has 2 fully saturated rings. The monoisotopic (exact) mass is 253 g/mol. The van der Waals surface area contributed by atoms with Crippen molar-refractivity contribution >= 4 is 5.91 Å². The highest BCUT2D eigenvalue weighted by Crippen LogP contribution is 2.17. The molecule has 1 saturated heterocycles. The molecule has 1 aliphatic carbocycles. The van der Waals surface area contributed by atoms with Gasteiger partial charge in [0, 0.05) is 31.7 Å². The molecule has 2 aliphatic rings. The van der Waals surface area contributed by atoms with Crippen molar-refractivity contribution in [3.8, 4) is 0 Å². The minimum Gasteiger partial charge on any atom is -0.339 e. The molecule has 18 heavy (non-hydrogen) atoms. The fraction of sp³-hybridized carbons (Fsp3) is 0.929. The fourth-order valence-electron chi connectivity index (χ4n) is 3.09. The van der Waals surface area contributed by atoms with Gasteiger partial charge in [-0.15, -0.1) is 0 Å². The number of hydrogen-bond acceptors (Lipinski definition) is 3. The van der Waals surface area contributed by atoms with Crippen LogP contribution in [0.15, 0.2) is 0 Å². The van der Waals surface area contributed by atoms with E-state index in [0.717, 1.165) is 26.1 Å². The number of hydrogen-bond donors (Lipinski definition) is 1. The first-order valence-corrected chi connectivity index (χ1v) is 7.42. The molecular formula is C14H27N3O. The van der Waals surface area contributed by atoms with Gasteiger partial charge < -0.3 is 10.2 Å². The van der Waals surface area contributed by atoms with Crippen LogP contribution in [0.1, 0.15) is 39.0 Å². The number of amides is 1.